The zero-order valence-corrected chi connectivity index (χ0v) is 8.29. The largest absolute Gasteiger partial charge is 0.488 e. The first kappa shape index (κ1) is 9.27. The Morgan fingerprint density at radius 3 is 2.93 bits per heavy atom. The van der Waals surface area contributed by atoms with Crippen LogP contribution in [0.2, 0.25) is 0 Å². The van der Waals surface area contributed by atoms with Crippen LogP contribution in [0.5, 0.6) is 5.75 Å². The normalized spacial score (nSPS) is 15.3. The van der Waals surface area contributed by atoms with E-state index in [-0.39, 0.29) is 0 Å². The van der Waals surface area contributed by atoms with Crippen LogP contribution in [0.1, 0.15) is 18.4 Å². The number of aromatic nitrogens is 1. The first-order valence-electron chi connectivity index (χ1n) is 4.86. The van der Waals surface area contributed by atoms with Crippen LogP contribution in [-0.2, 0) is 6.54 Å². The maximum Gasteiger partial charge on any atom is 0.150 e. The highest BCUT2D eigenvalue weighted by molar-refractivity contribution is 5.58. The molecule has 4 heteroatoms. The van der Waals surface area contributed by atoms with Gasteiger partial charge in [0.25, 0.3) is 0 Å². The zero-order valence-electron chi connectivity index (χ0n) is 8.29. The Labute approximate surface area is 83.5 Å². The third kappa shape index (κ3) is 1.80. The lowest BCUT2D eigenvalue weighted by molar-refractivity contribution is 0.301. The summed E-state index contributed by atoms with van der Waals surface area (Å²) in [6.07, 6.45) is 6.20. The van der Waals surface area contributed by atoms with Gasteiger partial charge in [-0.2, -0.15) is 0 Å². The van der Waals surface area contributed by atoms with Crippen molar-refractivity contribution in [3.05, 3.63) is 18.0 Å². The van der Waals surface area contributed by atoms with Crippen molar-refractivity contribution in [3.8, 4) is 5.75 Å². The van der Waals surface area contributed by atoms with E-state index in [0.717, 1.165) is 29.8 Å². The minimum Gasteiger partial charge on any atom is -0.488 e. The minimum atomic E-state index is 0.384. The predicted octanol–water partition coefficient (Wildman–Crippen LogP) is 1.12. The Bertz CT molecular complexity index is 301. The van der Waals surface area contributed by atoms with Gasteiger partial charge in [-0.3, -0.25) is 4.98 Å². The van der Waals surface area contributed by atoms with Crippen molar-refractivity contribution in [3.63, 3.8) is 0 Å². The number of nitrogens with zero attached hydrogens (tertiary/aromatic N) is 1. The molecule has 1 heterocycles. The van der Waals surface area contributed by atoms with Crippen molar-refractivity contribution < 1.29 is 4.74 Å². The van der Waals surface area contributed by atoms with E-state index in [1.807, 2.05) is 7.05 Å². The molecular weight excluding hydrogens is 178 g/mol. The summed E-state index contributed by atoms with van der Waals surface area (Å²) in [4.78, 5) is 4.09. The molecule has 0 radical (unpaired) electrons. The monoisotopic (exact) mass is 193 g/mol. The van der Waals surface area contributed by atoms with E-state index < -0.39 is 0 Å². The van der Waals surface area contributed by atoms with Gasteiger partial charge in [0.05, 0.1) is 18.0 Å². The fourth-order valence-corrected chi connectivity index (χ4v) is 1.31. The molecular formula is C10H15N3O. The van der Waals surface area contributed by atoms with Gasteiger partial charge < -0.3 is 15.8 Å². The average Bonchev–Trinajstić information content (AvgIpc) is 3.02. The number of nitrogens with two attached hydrogens (primary N) is 1. The summed E-state index contributed by atoms with van der Waals surface area (Å²) in [5.41, 5.74) is 7.50. The summed E-state index contributed by atoms with van der Waals surface area (Å²) in [6.45, 7) is 0.463. The average molecular weight is 193 g/mol. The van der Waals surface area contributed by atoms with Crippen molar-refractivity contribution >= 4 is 5.69 Å². The number of hydrogen-bond donors (Lipinski definition) is 2. The molecule has 0 spiro atoms. The quantitative estimate of drug-likeness (QED) is 0.752. The summed E-state index contributed by atoms with van der Waals surface area (Å²) >= 11 is 0. The van der Waals surface area contributed by atoms with Crippen molar-refractivity contribution in [2.75, 3.05) is 12.4 Å². The van der Waals surface area contributed by atoms with E-state index in [9.17, 15) is 0 Å². The van der Waals surface area contributed by atoms with Crippen LogP contribution in [0.4, 0.5) is 5.69 Å². The van der Waals surface area contributed by atoms with Crippen LogP contribution in [0, 0.1) is 0 Å². The predicted molar refractivity (Wildman–Crippen MR) is 55.3 cm³/mol. The van der Waals surface area contributed by atoms with Crippen LogP contribution in [0.3, 0.4) is 0 Å². The van der Waals surface area contributed by atoms with E-state index in [0.29, 0.717) is 12.6 Å². The second-order valence-corrected chi connectivity index (χ2v) is 3.45. The van der Waals surface area contributed by atoms with Gasteiger partial charge in [-0.1, -0.05) is 0 Å². The fraction of sp³-hybridized carbons (Fsp3) is 0.500. The SMILES string of the molecule is CNc1cncc(CN)c1OC1CC1. The van der Waals surface area contributed by atoms with Crippen LogP contribution >= 0.6 is 0 Å². The van der Waals surface area contributed by atoms with Crippen LogP contribution < -0.4 is 15.8 Å². The minimum absolute atomic E-state index is 0.384. The van der Waals surface area contributed by atoms with Gasteiger partial charge in [-0.05, 0) is 12.8 Å². The van der Waals surface area contributed by atoms with E-state index in [4.69, 9.17) is 10.5 Å². The van der Waals surface area contributed by atoms with Gasteiger partial charge in [0.2, 0.25) is 0 Å². The zero-order chi connectivity index (χ0) is 9.97. The molecule has 1 aliphatic rings. The Kier molecular flexibility index (Phi) is 2.54. The molecule has 76 valence electrons. The van der Waals surface area contributed by atoms with Gasteiger partial charge in [0, 0.05) is 25.4 Å². The molecule has 4 nitrogen and oxygen atoms in total. The van der Waals surface area contributed by atoms with Crippen LogP contribution in [0.15, 0.2) is 12.4 Å². The molecule has 1 saturated carbocycles. The van der Waals surface area contributed by atoms with Crippen LogP contribution in [-0.4, -0.2) is 18.1 Å². The molecule has 1 aliphatic carbocycles. The molecule has 0 aliphatic heterocycles. The molecule has 1 aromatic heterocycles. The van der Waals surface area contributed by atoms with Gasteiger partial charge >= 0.3 is 0 Å². The van der Waals surface area contributed by atoms with E-state index in [2.05, 4.69) is 10.3 Å². The first-order chi connectivity index (χ1) is 6.85. The van der Waals surface area contributed by atoms with Crippen LogP contribution in [0.25, 0.3) is 0 Å². The van der Waals surface area contributed by atoms with Gasteiger partial charge in [-0.15, -0.1) is 0 Å². The number of pyridine rings is 1. The van der Waals surface area contributed by atoms with E-state index in [1.165, 1.54) is 0 Å². The third-order valence-electron chi connectivity index (χ3n) is 2.27. The molecule has 2 rings (SSSR count). The standard InChI is InChI=1S/C10H15N3O/c1-12-9-6-13-5-7(4-11)10(9)14-8-2-3-8/h5-6,8,12H,2-4,11H2,1H3. The number of anilines is 1. The third-order valence-corrected chi connectivity index (χ3v) is 2.27. The molecule has 0 saturated heterocycles. The Morgan fingerprint density at radius 2 is 2.36 bits per heavy atom. The molecule has 3 N–H and O–H groups in total. The Hall–Kier alpha value is -1.29. The molecule has 0 amide bonds. The summed E-state index contributed by atoms with van der Waals surface area (Å²) in [5, 5.41) is 3.06. The smallest absolute Gasteiger partial charge is 0.150 e. The van der Waals surface area contributed by atoms with E-state index >= 15 is 0 Å². The van der Waals surface area contributed by atoms with Crippen molar-refractivity contribution in [1.29, 1.82) is 0 Å². The number of hydrogen-bond acceptors (Lipinski definition) is 4. The van der Waals surface area contributed by atoms with Gasteiger partial charge in [0.15, 0.2) is 0 Å². The van der Waals surface area contributed by atoms with Crippen molar-refractivity contribution in [2.24, 2.45) is 5.73 Å². The number of ether oxygens (including phenoxy) is 1. The highest BCUT2D eigenvalue weighted by Gasteiger charge is 2.25. The summed E-state index contributed by atoms with van der Waals surface area (Å²) in [7, 11) is 1.86. The molecule has 0 aromatic carbocycles. The molecule has 0 bridgehead atoms. The van der Waals surface area contributed by atoms with E-state index in [1.54, 1.807) is 12.4 Å². The summed E-state index contributed by atoms with van der Waals surface area (Å²) < 4.78 is 5.79. The maximum atomic E-state index is 5.79. The summed E-state index contributed by atoms with van der Waals surface area (Å²) in [6, 6.07) is 0. The lowest BCUT2D eigenvalue weighted by atomic mass is 10.2. The molecule has 0 atom stereocenters. The molecule has 0 unspecified atom stereocenters. The second-order valence-electron chi connectivity index (χ2n) is 3.45. The Morgan fingerprint density at radius 1 is 1.57 bits per heavy atom. The van der Waals surface area contributed by atoms with Gasteiger partial charge in [-0.25, -0.2) is 0 Å². The number of rotatable bonds is 4. The number of nitrogens with one attached hydrogen (secondary N) is 1. The topological polar surface area (TPSA) is 60.2 Å². The lowest BCUT2D eigenvalue weighted by Gasteiger charge is -2.13. The lowest BCUT2D eigenvalue weighted by Crippen LogP contribution is -2.07. The highest BCUT2D eigenvalue weighted by Crippen LogP contribution is 2.33. The van der Waals surface area contributed by atoms with Crippen molar-refractivity contribution in [2.45, 2.75) is 25.5 Å². The molecule has 1 aromatic rings. The Balaban J connectivity index is 2.29. The fourth-order valence-electron chi connectivity index (χ4n) is 1.31. The van der Waals surface area contributed by atoms with Crippen molar-refractivity contribution in [1.82, 2.24) is 4.98 Å². The molecule has 14 heavy (non-hydrogen) atoms. The first-order valence-corrected chi connectivity index (χ1v) is 4.86. The highest BCUT2D eigenvalue weighted by atomic mass is 16.5. The second kappa shape index (κ2) is 3.84. The summed E-state index contributed by atoms with van der Waals surface area (Å²) in [5.74, 6) is 0.868. The van der Waals surface area contributed by atoms with Gasteiger partial charge in [0.1, 0.15) is 5.75 Å². The maximum absolute atomic E-state index is 5.79. The molecule has 1 fully saturated rings.